The summed E-state index contributed by atoms with van der Waals surface area (Å²) in [6, 6.07) is 22.0. The van der Waals surface area contributed by atoms with Crippen molar-refractivity contribution >= 4 is 0 Å². The van der Waals surface area contributed by atoms with Crippen molar-refractivity contribution < 1.29 is 0 Å². The molecular weight excluding hydrogens is 292 g/mol. The van der Waals surface area contributed by atoms with Crippen molar-refractivity contribution in [3.8, 4) is 0 Å². The Kier molecular flexibility index (Phi) is 7.48. The molecule has 0 saturated carbocycles. The quantitative estimate of drug-likeness (QED) is 0.720. The minimum Gasteiger partial charge on any atom is -0.319 e. The smallest absolute Gasteiger partial charge is 0.00201 e. The van der Waals surface area contributed by atoms with Crippen molar-refractivity contribution in [2.24, 2.45) is 11.8 Å². The Morgan fingerprint density at radius 2 is 0.958 bits per heavy atom. The van der Waals surface area contributed by atoms with Gasteiger partial charge in [0.05, 0.1) is 0 Å². The summed E-state index contributed by atoms with van der Waals surface area (Å²) in [5.41, 5.74) is 2.88. The first-order chi connectivity index (χ1) is 11.7. The molecule has 0 aliphatic carbocycles. The van der Waals surface area contributed by atoms with Gasteiger partial charge in [0, 0.05) is 0 Å². The zero-order valence-corrected chi connectivity index (χ0v) is 15.5. The molecule has 2 heteroatoms. The Hall–Kier alpha value is -1.64. The first-order valence-corrected chi connectivity index (χ1v) is 9.08. The highest BCUT2D eigenvalue weighted by molar-refractivity contribution is 5.30. The van der Waals surface area contributed by atoms with Crippen LogP contribution in [-0.4, -0.2) is 27.2 Å². The molecule has 2 rings (SSSR count). The fraction of sp³-hybridized carbons (Fsp3) is 0.455. The van der Waals surface area contributed by atoms with Gasteiger partial charge in [-0.3, -0.25) is 0 Å². The van der Waals surface area contributed by atoms with Crippen LogP contribution in [0.5, 0.6) is 0 Å². The fourth-order valence-electron chi connectivity index (χ4n) is 4.03. The second kappa shape index (κ2) is 9.61. The van der Waals surface area contributed by atoms with Gasteiger partial charge in [0.1, 0.15) is 0 Å². The molecule has 0 amide bonds. The van der Waals surface area contributed by atoms with Crippen LogP contribution in [0.2, 0.25) is 0 Å². The van der Waals surface area contributed by atoms with Gasteiger partial charge in [-0.1, -0.05) is 74.5 Å². The summed E-state index contributed by atoms with van der Waals surface area (Å²) in [6.45, 7) is 6.79. The number of benzene rings is 2. The lowest BCUT2D eigenvalue weighted by Crippen LogP contribution is -2.32. The molecule has 24 heavy (non-hydrogen) atoms. The summed E-state index contributed by atoms with van der Waals surface area (Å²) in [5, 5.41) is 6.76. The predicted molar refractivity (Wildman–Crippen MR) is 105 cm³/mol. The Balaban J connectivity index is 2.47. The predicted octanol–water partition coefficient (Wildman–Crippen LogP) is 4.27. The fourth-order valence-corrected chi connectivity index (χ4v) is 4.03. The van der Waals surface area contributed by atoms with Gasteiger partial charge in [0.2, 0.25) is 0 Å². The van der Waals surface area contributed by atoms with Gasteiger partial charge in [-0.05, 0) is 62.0 Å². The molecule has 0 aliphatic heterocycles. The molecule has 4 atom stereocenters. The number of rotatable bonds is 9. The first-order valence-electron chi connectivity index (χ1n) is 9.08. The Morgan fingerprint density at radius 3 is 1.25 bits per heavy atom. The zero-order chi connectivity index (χ0) is 17.4. The minimum atomic E-state index is 0.490. The average molecular weight is 325 g/mol. The van der Waals surface area contributed by atoms with E-state index >= 15 is 0 Å². The molecule has 2 N–H and O–H groups in total. The van der Waals surface area contributed by atoms with Crippen LogP contribution in [0.4, 0.5) is 0 Å². The van der Waals surface area contributed by atoms with E-state index in [9.17, 15) is 0 Å². The van der Waals surface area contributed by atoms with Crippen molar-refractivity contribution in [1.82, 2.24) is 10.6 Å². The molecular formula is C22H32N2. The number of nitrogens with one attached hydrogen (secondary N) is 2. The van der Waals surface area contributed by atoms with E-state index in [4.69, 9.17) is 0 Å². The standard InChI is InChI=1S/C22H32N2/c1-17(15-23-3)21(19-11-7-5-8-12-19)22(18(2)16-24-4)20-13-9-6-10-14-20/h5-14,17-18,21-24H,15-16H2,1-4H3/t17-,18?,21-,22?/m1/s1. The molecule has 0 radical (unpaired) electrons. The van der Waals surface area contributed by atoms with Crippen LogP contribution in [0.3, 0.4) is 0 Å². The van der Waals surface area contributed by atoms with E-state index in [1.807, 2.05) is 14.1 Å². The topological polar surface area (TPSA) is 24.1 Å². The SMILES string of the molecule is CNCC(C)C(c1ccccc1)[C@@H](c1ccccc1)[C@H](C)CNC. The Morgan fingerprint density at radius 1 is 0.625 bits per heavy atom. The van der Waals surface area contributed by atoms with E-state index < -0.39 is 0 Å². The van der Waals surface area contributed by atoms with Crippen molar-refractivity contribution in [3.63, 3.8) is 0 Å². The van der Waals surface area contributed by atoms with Crippen LogP contribution in [-0.2, 0) is 0 Å². The van der Waals surface area contributed by atoms with Gasteiger partial charge in [-0.25, -0.2) is 0 Å². The summed E-state index contributed by atoms with van der Waals surface area (Å²) >= 11 is 0. The van der Waals surface area contributed by atoms with Gasteiger partial charge in [0.15, 0.2) is 0 Å². The molecule has 0 spiro atoms. The maximum absolute atomic E-state index is 3.38. The molecule has 2 nitrogen and oxygen atoms in total. The van der Waals surface area contributed by atoms with Gasteiger partial charge >= 0.3 is 0 Å². The minimum absolute atomic E-state index is 0.490. The number of hydrogen-bond acceptors (Lipinski definition) is 2. The highest BCUT2D eigenvalue weighted by Crippen LogP contribution is 2.42. The third-order valence-electron chi connectivity index (χ3n) is 5.03. The third kappa shape index (κ3) is 4.68. The summed E-state index contributed by atoms with van der Waals surface area (Å²) in [6.07, 6.45) is 0. The van der Waals surface area contributed by atoms with E-state index in [0.29, 0.717) is 23.7 Å². The molecule has 0 bridgehead atoms. The summed E-state index contributed by atoms with van der Waals surface area (Å²) < 4.78 is 0. The van der Waals surface area contributed by atoms with Crippen LogP contribution in [0, 0.1) is 11.8 Å². The normalized spacial score (nSPS) is 16.3. The van der Waals surface area contributed by atoms with Crippen LogP contribution in [0.15, 0.2) is 60.7 Å². The van der Waals surface area contributed by atoms with Crippen LogP contribution < -0.4 is 10.6 Å². The third-order valence-corrected chi connectivity index (χ3v) is 5.03. The zero-order valence-electron chi connectivity index (χ0n) is 15.5. The van der Waals surface area contributed by atoms with Crippen LogP contribution in [0.25, 0.3) is 0 Å². The maximum atomic E-state index is 3.38. The van der Waals surface area contributed by atoms with Gasteiger partial charge in [-0.15, -0.1) is 0 Å². The highest BCUT2D eigenvalue weighted by Gasteiger charge is 2.32. The van der Waals surface area contributed by atoms with Crippen LogP contribution >= 0.6 is 0 Å². The lowest BCUT2D eigenvalue weighted by molar-refractivity contribution is 0.309. The summed E-state index contributed by atoms with van der Waals surface area (Å²) in [7, 11) is 4.10. The Labute approximate surface area is 147 Å². The maximum Gasteiger partial charge on any atom is -0.00201 e. The lowest BCUT2D eigenvalue weighted by Gasteiger charge is -2.37. The largest absolute Gasteiger partial charge is 0.319 e. The molecule has 130 valence electrons. The molecule has 2 aromatic rings. The molecule has 0 aliphatic rings. The van der Waals surface area contributed by atoms with E-state index in [2.05, 4.69) is 85.1 Å². The van der Waals surface area contributed by atoms with E-state index in [-0.39, 0.29) is 0 Å². The van der Waals surface area contributed by atoms with Crippen molar-refractivity contribution in [2.45, 2.75) is 25.7 Å². The molecule has 0 fully saturated rings. The van der Waals surface area contributed by atoms with E-state index in [1.165, 1.54) is 11.1 Å². The molecule has 0 heterocycles. The van der Waals surface area contributed by atoms with Crippen molar-refractivity contribution in [3.05, 3.63) is 71.8 Å². The van der Waals surface area contributed by atoms with Gasteiger partial charge in [-0.2, -0.15) is 0 Å². The molecule has 0 saturated heterocycles. The molecule has 2 unspecified atom stereocenters. The van der Waals surface area contributed by atoms with Gasteiger partial charge < -0.3 is 10.6 Å². The Bertz CT molecular complexity index is 514. The average Bonchev–Trinajstić information content (AvgIpc) is 2.61. The second-order valence-electron chi connectivity index (χ2n) is 6.94. The van der Waals surface area contributed by atoms with Crippen LogP contribution in [0.1, 0.15) is 36.8 Å². The highest BCUT2D eigenvalue weighted by atomic mass is 14.8. The lowest BCUT2D eigenvalue weighted by atomic mass is 9.69. The van der Waals surface area contributed by atoms with Crippen molar-refractivity contribution in [2.75, 3.05) is 27.2 Å². The summed E-state index contributed by atoms with van der Waals surface area (Å²) in [4.78, 5) is 0. The van der Waals surface area contributed by atoms with E-state index in [0.717, 1.165) is 13.1 Å². The second-order valence-corrected chi connectivity index (χ2v) is 6.94. The monoisotopic (exact) mass is 324 g/mol. The molecule has 0 aromatic heterocycles. The van der Waals surface area contributed by atoms with E-state index in [1.54, 1.807) is 0 Å². The van der Waals surface area contributed by atoms with Gasteiger partial charge in [0.25, 0.3) is 0 Å². The summed E-state index contributed by atoms with van der Waals surface area (Å²) in [5.74, 6) is 2.10. The molecule has 2 aromatic carbocycles. The van der Waals surface area contributed by atoms with Crippen molar-refractivity contribution in [1.29, 1.82) is 0 Å². The number of hydrogen-bond donors (Lipinski definition) is 2. The first kappa shape index (κ1) is 18.7.